The van der Waals surface area contributed by atoms with Crippen LogP contribution < -0.4 is 10.9 Å². The minimum Gasteiger partial charge on any atom is -0.393 e. The van der Waals surface area contributed by atoms with Crippen LogP contribution in [0.4, 0.5) is 14.9 Å². The first-order valence-corrected chi connectivity index (χ1v) is 9.96. The van der Waals surface area contributed by atoms with Crippen LogP contribution in [0.15, 0.2) is 53.5 Å². The fourth-order valence-corrected chi connectivity index (χ4v) is 3.49. The second kappa shape index (κ2) is 9.28. The molecule has 0 aliphatic heterocycles. The fourth-order valence-electron chi connectivity index (χ4n) is 3.31. The third-order valence-corrected chi connectivity index (χ3v) is 5.27. The molecule has 158 valence electrons. The molecule has 2 atom stereocenters. The number of amides is 2. The standard InChI is InChI=1S/C22H23ClFN3O3/c1-13(28)9-10-27(22(30)26-15-7-8-20(24)19(23)11-15)14(2)18-12-25-21(29)17-6-4-3-5-16(17)18/h3-8,11-14,28H,9-10H2,1-2H3,(H,25,29)(H,26,30)/t13-,14?/m1/s1. The molecule has 3 aromatic rings. The maximum Gasteiger partial charge on any atom is 0.322 e. The van der Waals surface area contributed by atoms with E-state index in [-0.39, 0.29) is 17.1 Å². The summed E-state index contributed by atoms with van der Waals surface area (Å²) < 4.78 is 13.4. The maximum atomic E-state index is 13.4. The Balaban J connectivity index is 1.94. The van der Waals surface area contributed by atoms with Gasteiger partial charge in [-0.15, -0.1) is 0 Å². The quantitative estimate of drug-likeness (QED) is 0.529. The number of fused-ring (bicyclic) bond motifs is 1. The third kappa shape index (κ3) is 4.80. The monoisotopic (exact) mass is 431 g/mol. The first-order chi connectivity index (χ1) is 14.3. The van der Waals surface area contributed by atoms with E-state index in [9.17, 15) is 19.1 Å². The van der Waals surface area contributed by atoms with Gasteiger partial charge in [0.25, 0.3) is 5.56 Å². The minimum absolute atomic E-state index is 0.0944. The van der Waals surface area contributed by atoms with Crippen LogP contribution in [0.1, 0.15) is 31.9 Å². The lowest BCUT2D eigenvalue weighted by Gasteiger charge is -2.31. The van der Waals surface area contributed by atoms with Gasteiger partial charge >= 0.3 is 6.03 Å². The zero-order valence-electron chi connectivity index (χ0n) is 16.7. The van der Waals surface area contributed by atoms with Crippen molar-refractivity contribution in [2.24, 2.45) is 0 Å². The average molecular weight is 432 g/mol. The molecular formula is C22H23ClFN3O3. The summed E-state index contributed by atoms with van der Waals surface area (Å²) in [5.74, 6) is -0.575. The zero-order chi connectivity index (χ0) is 21.8. The van der Waals surface area contributed by atoms with Gasteiger partial charge < -0.3 is 20.3 Å². The van der Waals surface area contributed by atoms with Gasteiger partial charge in [-0.2, -0.15) is 0 Å². The number of nitrogens with zero attached hydrogens (tertiary/aromatic N) is 1. The van der Waals surface area contributed by atoms with Crippen LogP contribution in [0.3, 0.4) is 0 Å². The van der Waals surface area contributed by atoms with E-state index in [0.717, 1.165) is 10.9 Å². The molecule has 1 heterocycles. The van der Waals surface area contributed by atoms with Crippen molar-refractivity contribution in [2.75, 3.05) is 11.9 Å². The molecule has 0 spiro atoms. The maximum absolute atomic E-state index is 13.4. The number of urea groups is 1. The number of aromatic amines is 1. The van der Waals surface area contributed by atoms with E-state index in [2.05, 4.69) is 10.3 Å². The molecule has 2 amide bonds. The molecule has 6 nitrogen and oxygen atoms in total. The highest BCUT2D eigenvalue weighted by Gasteiger charge is 2.24. The van der Waals surface area contributed by atoms with Crippen LogP contribution in [-0.2, 0) is 0 Å². The SMILES string of the molecule is CC(c1c[nH]c(=O)c2ccccc12)N(CC[C@@H](C)O)C(=O)Nc1ccc(F)c(Cl)c1. The van der Waals surface area contributed by atoms with E-state index in [0.29, 0.717) is 17.5 Å². The molecule has 1 aromatic heterocycles. The normalized spacial score (nSPS) is 13.1. The van der Waals surface area contributed by atoms with E-state index in [1.54, 1.807) is 30.2 Å². The summed E-state index contributed by atoms with van der Waals surface area (Å²) in [6, 6.07) is 10.3. The minimum atomic E-state index is -0.597. The van der Waals surface area contributed by atoms with Crippen LogP contribution in [-0.4, -0.2) is 33.7 Å². The van der Waals surface area contributed by atoms with Gasteiger partial charge in [-0.3, -0.25) is 4.79 Å². The smallest absolute Gasteiger partial charge is 0.322 e. The number of hydrogen-bond donors (Lipinski definition) is 3. The summed E-state index contributed by atoms with van der Waals surface area (Å²) in [5, 5.41) is 13.6. The van der Waals surface area contributed by atoms with Gasteiger partial charge in [0.1, 0.15) is 5.82 Å². The number of carbonyl (C=O) groups is 1. The number of carbonyl (C=O) groups excluding carboxylic acids is 1. The van der Waals surface area contributed by atoms with Crippen LogP contribution in [0.25, 0.3) is 10.8 Å². The molecule has 0 fully saturated rings. The molecule has 1 unspecified atom stereocenters. The van der Waals surface area contributed by atoms with E-state index in [4.69, 9.17) is 11.6 Å². The zero-order valence-corrected chi connectivity index (χ0v) is 17.4. The number of aromatic nitrogens is 1. The Morgan fingerprint density at radius 1 is 1.23 bits per heavy atom. The number of halogens is 2. The number of anilines is 1. The Kier molecular flexibility index (Phi) is 6.74. The largest absolute Gasteiger partial charge is 0.393 e. The van der Waals surface area contributed by atoms with Crippen molar-refractivity contribution >= 4 is 34.1 Å². The molecule has 0 aliphatic carbocycles. The van der Waals surface area contributed by atoms with Crippen molar-refractivity contribution in [3.05, 3.63) is 75.4 Å². The molecule has 8 heteroatoms. The number of H-pyrrole nitrogens is 1. The lowest BCUT2D eigenvalue weighted by atomic mass is 10.0. The van der Waals surface area contributed by atoms with Gasteiger partial charge in [0.15, 0.2) is 0 Å². The summed E-state index contributed by atoms with van der Waals surface area (Å²) in [6.45, 7) is 3.77. The van der Waals surface area contributed by atoms with E-state index >= 15 is 0 Å². The summed E-state index contributed by atoms with van der Waals surface area (Å²) in [7, 11) is 0. The number of aliphatic hydroxyl groups excluding tert-OH is 1. The Hall–Kier alpha value is -2.90. The topological polar surface area (TPSA) is 85.4 Å². The Labute approximate surface area is 178 Å². The number of pyridine rings is 1. The summed E-state index contributed by atoms with van der Waals surface area (Å²) in [5.41, 5.74) is 0.914. The number of hydrogen-bond acceptors (Lipinski definition) is 3. The Bertz CT molecular complexity index is 1120. The second-order valence-electron chi connectivity index (χ2n) is 7.18. The summed E-state index contributed by atoms with van der Waals surface area (Å²) in [6.07, 6.45) is 1.37. The van der Waals surface area contributed by atoms with E-state index in [1.165, 1.54) is 18.2 Å². The fraction of sp³-hybridized carbons (Fsp3) is 0.273. The van der Waals surface area contributed by atoms with Gasteiger partial charge in [-0.1, -0.05) is 29.8 Å². The Morgan fingerprint density at radius 3 is 2.60 bits per heavy atom. The van der Waals surface area contributed by atoms with Gasteiger partial charge in [0.05, 0.1) is 17.2 Å². The van der Waals surface area contributed by atoms with Crippen LogP contribution in [0.2, 0.25) is 5.02 Å². The van der Waals surface area contributed by atoms with Crippen molar-refractivity contribution < 1.29 is 14.3 Å². The van der Waals surface area contributed by atoms with Gasteiger partial charge in [-0.05, 0) is 55.5 Å². The molecule has 3 rings (SSSR count). The molecule has 2 aromatic carbocycles. The third-order valence-electron chi connectivity index (χ3n) is 4.98. The highest BCUT2D eigenvalue weighted by Crippen LogP contribution is 2.27. The molecule has 30 heavy (non-hydrogen) atoms. The van der Waals surface area contributed by atoms with Crippen molar-refractivity contribution in [1.29, 1.82) is 0 Å². The lowest BCUT2D eigenvalue weighted by molar-refractivity contribution is 0.149. The van der Waals surface area contributed by atoms with Gasteiger partial charge in [-0.25, -0.2) is 9.18 Å². The lowest BCUT2D eigenvalue weighted by Crippen LogP contribution is -2.39. The highest BCUT2D eigenvalue weighted by atomic mass is 35.5. The van der Waals surface area contributed by atoms with Crippen molar-refractivity contribution in [1.82, 2.24) is 9.88 Å². The molecule has 0 aliphatic rings. The average Bonchev–Trinajstić information content (AvgIpc) is 2.71. The summed E-state index contributed by atoms with van der Waals surface area (Å²) in [4.78, 5) is 29.5. The molecule has 0 saturated carbocycles. The molecule has 3 N–H and O–H groups in total. The van der Waals surface area contributed by atoms with Crippen LogP contribution >= 0.6 is 11.6 Å². The summed E-state index contributed by atoms with van der Waals surface area (Å²) >= 11 is 5.81. The molecule has 0 bridgehead atoms. The van der Waals surface area contributed by atoms with Crippen molar-refractivity contribution in [3.63, 3.8) is 0 Å². The molecule has 0 saturated heterocycles. The second-order valence-corrected chi connectivity index (χ2v) is 7.59. The van der Waals surface area contributed by atoms with Gasteiger partial charge in [0, 0.05) is 23.8 Å². The highest BCUT2D eigenvalue weighted by molar-refractivity contribution is 6.31. The van der Waals surface area contributed by atoms with E-state index < -0.39 is 24.0 Å². The van der Waals surface area contributed by atoms with Crippen LogP contribution in [0, 0.1) is 5.82 Å². The first kappa shape index (κ1) is 21.8. The Morgan fingerprint density at radius 2 is 1.93 bits per heavy atom. The number of rotatable bonds is 6. The predicted octanol–water partition coefficient (Wildman–Crippen LogP) is 4.69. The predicted molar refractivity (Wildman–Crippen MR) is 116 cm³/mol. The van der Waals surface area contributed by atoms with Crippen molar-refractivity contribution in [2.45, 2.75) is 32.4 Å². The van der Waals surface area contributed by atoms with Gasteiger partial charge in [0.2, 0.25) is 0 Å². The molecule has 0 radical (unpaired) electrons. The number of aliphatic hydroxyl groups is 1. The number of nitrogens with one attached hydrogen (secondary N) is 2. The first-order valence-electron chi connectivity index (χ1n) is 9.59. The van der Waals surface area contributed by atoms with Crippen molar-refractivity contribution in [3.8, 4) is 0 Å². The molecular weight excluding hydrogens is 409 g/mol. The van der Waals surface area contributed by atoms with E-state index in [1.807, 2.05) is 19.1 Å². The number of benzene rings is 2. The van der Waals surface area contributed by atoms with Crippen LogP contribution in [0.5, 0.6) is 0 Å².